The fourth-order valence-electron chi connectivity index (χ4n) is 5.04. The number of rotatable bonds is 3. The molecule has 3 aromatic carbocycles. The molecule has 3 atom stereocenters. The van der Waals surface area contributed by atoms with Gasteiger partial charge in [-0.15, -0.1) is 0 Å². The van der Waals surface area contributed by atoms with Crippen LogP contribution in [0.15, 0.2) is 66.7 Å². The summed E-state index contributed by atoms with van der Waals surface area (Å²) < 4.78 is 4.80. The van der Waals surface area contributed by atoms with Crippen LogP contribution in [0.25, 0.3) is 0 Å². The first kappa shape index (κ1) is 18.4. The van der Waals surface area contributed by atoms with Crippen molar-refractivity contribution in [3.05, 3.63) is 100 Å². The van der Waals surface area contributed by atoms with Crippen LogP contribution < -0.4 is 5.32 Å². The summed E-state index contributed by atoms with van der Waals surface area (Å²) in [4.78, 5) is 23.7. The molecular weight excluding hydrogens is 378 g/mol. The molecule has 1 heterocycles. The fourth-order valence-corrected chi connectivity index (χ4v) is 5.04. The van der Waals surface area contributed by atoms with Crippen molar-refractivity contribution in [3.8, 4) is 0 Å². The highest BCUT2D eigenvalue weighted by molar-refractivity contribution is 5.96. The minimum atomic E-state index is -0.941. The van der Waals surface area contributed by atoms with Gasteiger partial charge in [0.2, 0.25) is 0 Å². The molecule has 0 saturated carbocycles. The van der Waals surface area contributed by atoms with Gasteiger partial charge in [-0.05, 0) is 52.8 Å². The van der Waals surface area contributed by atoms with Gasteiger partial charge in [0.05, 0.1) is 30.0 Å². The number of methoxy groups -OCH3 is 1. The van der Waals surface area contributed by atoms with Gasteiger partial charge < -0.3 is 15.2 Å². The molecule has 150 valence electrons. The Morgan fingerprint density at radius 2 is 1.70 bits per heavy atom. The number of ether oxygens (including phenoxy) is 1. The zero-order valence-electron chi connectivity index (χ0n) is 16.5. The van der Waals surface area contributed by atoms with E-state index in [4.69, 9.17) is 4.74 Å². The molecule has 5 rings (SSSR count). The summed E-state index contributed by atoms with van der Waals surface area (Å²) in [6.07, 6.45) is 0.911. The number of benzene rings is 3. The Balaban J connectivity index is 1.64. The molecule has 1 aliphatic carbocycles. The van der Waals surface area contributed by atoms with Crippen LogP contribution in [0, 0.1) is 5.92 Å². The first-order valence-electron chi connectivity index (χ1n) is 9.97. The molecule has 1 aliphatic heterocycles. The van der Waals surface area contributed by atoms with Crippen molar-refractivity contribution in [2.45, 2.75) is 18.4 Å². The molecule has 0 radical (unpaired) electrons. The van der Waals surface area contributed by atoms with Crippen LogP contribution in [0.3, 0.4) is 0 Å². The van der Waals surface area contributed by atoms with Gasteiger partial charge in [-0.3, -0.25) is 0 Å². The van der Waals surface area contributed by atoms with Gasteiger partial charge in [-0.25, -0.2) is 9.59 Å². The predicted molar refractivity (Wildman–Crippen MR) is 113 cm³/mol. The highest BCUT2D eigenvalue weighted by atomic mass is 16.5. The smallest absolute Gasteiger partial charge is 0.337 e. The van der Waals surface area contributed by atoms with Gasteiger partial charge >= 0.3 is 11.9 Å². The number of para-hydroxylation sites is 1. The number of carboxylic acid groups (broad SMARTS) is 1. The number of aromatic carboxylic acids is 1. The number of hydrogen-bond acceptors (Lipinski definition) is 4. The maximum Gasteiger partial charge on any atom is 0.337 e. The lowest BCUT2D eigenvalue weighted by Crippen LogP contribution is -2.31. The number of esters is 1. The van der Waals surface area contributed by atoms with E-state index in [0.29, 0.717) is 11.3 Å². The number of carboxylic acids is 1. The lowest BCUT2D eigenvalue weighted by Gasteiger charge is -2.38. The molecule has 0 aromatic heterocycles. The third-order valence-corrected chi connectivity index (χ3v) is 6.35. The van der Waals surface area contributed by atoms with Crippen LogP contribution in [0.5, 0.6) is 0 Å². The number of carbonyl (C=O) groups is 2. The molecule has 2 N–H and O–H groups in total. The predicted octanol–water partition coefficient (Wildman–Crippen LogP) is 4.64. The van der Waals surface area contributed by atoms with Crippen molar-refractivity contribution < 1.29 is 19.4 Å². The largest absolute Gasteiger partial charge is 0.478 e. The van der Waals surface area contributed by atoms with E-state index in [9.17, 15) is 14.7 Å². The Labute approximate surface area is 174 Å². The van der Waals surface area contributed by atoms with Crippen molar-refractivity contribution in [1.82, 2.24) is 0 Å². The number of nitrogens with one attached hydrogen (secondary N) is 1. The fraction of sp³-hybridized carbons (Fsp3) is 0.200. The second-order valence-electron chi connectivity index (χ2n) is 7.86. The van der Waals surface area contributed by atoms with Crippen molar-refractivity contribution in [2.24, 2.45) is 5.92 Å². The lowest BCUT2D eigenvalue weighted by atomic mass is 9.75. The molecule has 0 fully saturated rings. The second kappa shape index (κ2) is 7.02. The highest BCUT2D eigenvalue weighted by Gasteiger charge is 2.44. The van der Waals surface area contributed by atoms with Gasteiger partial charge in [0, 0.05) is 5.92 Å². The first-order valence-corrected chi connectivity index (χ1v) is 9.97. The zero-order valence-corrected chi connectivity index (χ0v) is 16.5. The van der Waals surface area contributed by atoms with Gasteiger partial charge in [0.15, 0.2) is 0 Å². The van der Waals surface area contributed by atoms with Crippen LogP contribution in [0.1, 0.15) is 54.9 Å². The van der Waals surface area contributed by atoms with E-state index in [1.54, 1.807) is 18.2 Å². The van der Waals surface area contributed by atoms with Crippen LogP contribution in [-0.2, 0) is 11.2 Å². The van der Waals surface area contributed by atoms with Crippen molar-refractivity contribution >= 4 is 17.6 Å². The minimum absolute atomic E-state index is 0.0675. The van der Waals surface area contributed by atoms with E-state index in [1.165, 1.54) is 18.2 Å². The normalized spacial score (nSPS) is 21.0. The maximum absolute atomic E-state index is 11.9. The summed E-state index contributed by atoms with van der Waals surface area (Å²) in [5.41, 5.74) is 6.10. The van der Waals surface area contributed by atoms with Crippen molar-refractivity contribution in [1.29, 1.82) is 0 Å². The van der Waals surface area contributed by atoms with E-state index < -0.39 is 5.97 Å². The number of hydrogen-bond donors (Lipinski definition) is 2. The summed E-state index contributed by atoms with van der Waals surface area (Å²) in [6.45, 7) is 0. The van der Waals surface area contributed by atoms with Gasteiger partial charge in [-0.1, -0.05) is 48.5 Å². The van der Waals surface area contributed by atoms with Crippen molar-refractivity contribution in [2.75, 3.05) is 12.4 Å². The molecule has 30 heavy (non-hydrogen) atoms. The quantitative estimate of drug-likeness (QED) is 0.628. The van der Waals surface area contributed by atoms with Gasteiger partial charge in [-0.2, -0.15) is 0 Å². The Hall–Kier alpha value is -3.60. The number of anilines is 1. The topological polar surface area (TPSA) is 75.6 Å². The molecule has 0 unspecified atom stereocenters. The van der Waals surface area contributed by atoms with Crippen LogP contribution in [0.4, 0.5) is 5.69 Å². The Kier molecular flexibility index (Phi) is 4.31. The summed E-state index contributed by atoms with van der Waals surface area (Å²) in [5, 5.41) is 13.3. The van der Waals surface area contributed by atoms with E-state index in [1.807, 2.05) is 30.3 Å². The molecule has 5 nitrogen and oxygen atoms in total. The van der Waals surface area contributed by atoms with Gasteiger partial charge in [0.25, 0.3) is 0 Å². The molecule has 0 bridgehead atoms. The molecular formula is C25H21NO4. The van der Waals surface area contributed by atoms with Gasteiger partial charge in [0.1, 0.15) is 0 Å². The molecule has 0 spiro atoms. The average molecular weight is 399 g/mol. The summed E-state index contributed by atoms with van der Waals surface area (Å²) >= 11 is 0. The van der Waals surface area contributed by atoms with Crippen LogP contribution in [-0.4, -0.2) is 24.2 Å². The van der Waals surface area contributed by atoms with Crippen molar-refractivity contribution in [3.63, 3.8) is 0 Å². The monoisotopic (exact) mass is 399 g/mol. The van der Waals surface area contributed by atoms with Crippen LogP contribution in [0.2, 0.25) is 0 Å². The SMILES string of the molecule is COC(=O)c1ccc([C@@H]2Nc3c(C(=O)O)cccc3[C@H]3c4ccccc4C[C@@H]32)cc1. The number of fused-ring (bicyclic) bond motifs is 5. The molecule has 0 saturated heterocycles. The van der Waals surface area contributed by atoms with E-state index >= 15 is 0 Å². The standard InChI is InChI=1S/C25H21NO4/c1-30-25(29)15-11-9-14(10-12-15)22-20-13-16-5-2-3-6-17(16)21(20)18-7-4-8-19(24(27)28)23(18)26-22/h2-12,20-22,26H,13H2,1H3,(H,27,28)/t20-,21+,22-/m0/s1. The minimum Gasteiger partial charge on any atom is -0.478 e. The van der Waals surface area contributed by atoms with E-state index in [2.05, 4.69) is 23.5 Å². The Bertz CT molecular complexity index is 1150. The third kappa shape index (κ3) is 2.77. The van der Waals surface area contributed by atoms with E-state index in [0.717, 1.165) is 17.5 Å². The molecule has 5 heteroatoms. The molecule has 2 aliphatic rings. The molecule has 3 aromatic rings. The summed E-state index contributed by atoms with van der Waals surface area (Å²) in [5.74, 6) is -0.934. The van der Waals surface area contributed by atoms with E-state index in [-0.39, 0.29) is 29.4 Å². The Morgan fingerprint density at radius 3 is 2.43 bits per heavy atom. The zero-order chi connectivity index (χ0) is 20.8. The maximum atomic E-state index is 11.9. The summed E-state index contributed by atoms with van der Waals surface area (Å²) in [7, 11) is 1.36. The average Bonchev–Trinajstić information content (AvgIpc) is 3.17. The van der Waals surface area contributed by atoms with Crippen LogP contribution >= 0.6 is 0 Å². The summed E-state index contributed by atoms with van der Waals surface area (Å²) in [6, 6.07) is 21.2. The lowest BCUT2D eigenvalue weighted by molar-refractivity contribution is 0.0599. The highest BCUT2D eigenvalue weighted by Crippen LogP contribution is 2.54. The third-order valence-electron chi connectivity index (χ3n) is 6.35. The molecule has 0 amide bonds. The first-order chi connectivity index (χ1) is 14.6. The second-order valence-corrected chi connectivity index (χ2v) is 7.86. The Morgan fingerprint density at radius 1 is 0.967 bits per heavy atom. The number of carbonyl (C=O) groups excluding carboxylic acids is 1.